The third kappa shape index (κ3) is 3.94. The lowest BCUT2D eigenvalue weighted by atomic mass is 10.1. The van der Waals surface area contributed by atoms with E-state index in [0.29, 0.717) is 25.4 Å². The summed E-state index contributed by atoms with van der Waals surface area (Å²) in [6, 6.07) is 7.88. The van der Waals surface area contributed by atoms with E-state index in [2.05, 4.69) is 24.3 Å². The van der Waals surface area contributed by atoms with Crippen LogP contribution in [-0.4, -0.2) is 42.1 Å². The van der Waals surface area contributed by atoms with E-state index in [1.54, 1.807) is 12.3 Å². The van der Waals surface area contributed by atoms with Gasteiger partial charge in [-0.15, -0.1) is 0 Å². The van der Waals surface area contributed by atoms with Gasteiger partial charge in [0.1, 0.15) is 5.82 Å². The van der Waals surface area contributed by atoms with Crippen molar-refractivity contribution in [1.82, 2.24) is 15.1 Å². The zero-order chi connectivity index (χ0) is 16.9. The first kappa shape index (κ1) is 16.9. The lowest BCUT2D eigenvalue weighted by Crippen LogP contribution is -2.36. The molecule has 0 amide bonds. The third-order valence-electron chi connectivity index (χ3n) is 4.66. The van der Waals surface area contributed by atoms with Gasteiger partial charge in [-0.3, -0.25) is 4.68 Å². The largest absolute Gasteiger partial charge is 0.378 e. The number of hydrogen-bond acceptors (Lipinski definition) is 4. The van der Waals surface area contributed by atoms with Crippen LogP contribution in [0.15, 0.2) is 36.7 Å². The number of nitrogens with one attached hydrogen (secondary N) is 1. The number of morpholine rings is 1. The van der Waals surface area contributed by atoms with Crippen LogP contribution in [0.25, 0.3) is 0 Å². The summed E-state index contributed by atoms with van der Waals surface area (Å²) in [7, 11) is 0. The molecule has 24 heavy (non-hydrogen) atoms. The van der Waals surface area contributed by atoms with Crippen molar-refractivity contribution in [3.63, 3.8) is 0 Å². The Morgan fingerprint density at radius 1 is 1.29 bits per heavy atom. The maximum atomic E-state index is 14.4. The van der Waals surface area contributed by atoms with Crippen molar-refractivity contribution >= 4 is 5.69 Å². The molecule has 1 aromatic carbocycles. The molecule has 2 heterocycles. The summed E-state index contributed by atoms with van der Waals surface area (Å²) in [5, 5.41) is 7.72. The lowest BCUT2D eigenvalue weighted by molar-refractivity contribution is 0.122. The molecular weight excluding hydrogens is 307 g/mol. The molecule has 0 bridgehead atoms. The number of rotatable bonds is 6. The van der Waals surface area contributed by atoms with E-state index >= 15 is 0 Å². The highest BCUT2D eigenvalue weighted by molar-refractivity contribution is 5.49. The first-order valence-corrected chi connectivity index (χ1v) is 8.49. The number of nitrogens with zero attached hydrogens (tertiary/aromatic N) is 3. The summed E-state index contributed by atoms with van der Waals surface area (Å²) in [5.41, 5.74) is 1.61. The Labute approximate surface area is 142 Å². The predicted octanol–water partition coefficient (Wildman–Crippen LogP) is 2.60. The van der Waals surface area contributed by atoms with E-state index in [1.807, 2.05) is 34.0 Å². The molecule has 0 radical (unpaired) electrons. The number of hydrogen-bond donors (Lipinski definition) is 1. The Kier molecular flexibility index (Phi) is 5.48. The first-order chi connectivity index (χ1) is 11.6. The highest BCUT2D eigenvalue weighted by atomic mass is 19.1. The van der Waals surface area contributed by atoms with Gasteiger partial charge in [0.05, 0.1) is 24.9 Å². The highest BCUT2D eigenvalue weighted by Crippen LogP contribution is 2.22. The number of halogens is 1. The van der Waals surface area contributed by atoms with Crippen LogP contribution in [-0.2, 0) is 11.3 Å². The summed E-state index contributed by atoms with van der Waals surface area (Å²) in [6.07, 6.45) is 3.74. The number of anilines is 1. The average Bonchev–Trinajstić information content (AvgIpc) is 3.14. The van der Waals surface area contributed by atoms with Crippen LogP contribution in [0.1, 0.15) is 25.5 Å². The predicted molar refractivity (Wildman–Crippen MR) is 92.7 cm³/mol. The topological polar surface area (TPSA) is 42.3 Å². The number of aromatic nitrogens is 2. The SMILES string of the molecule is C[C@H](NCc1ccc(N2CCOCC2)c(F)c1)[C@H](C)n1cccn1. The fraction of sp³-hybridized carbons (Fsp3) is 0.500. The summed E-state index contributed by atoms with van der Waals surface area (Å²) in [6.45, 7) is 7.67. The zero-order valence-electron chi connectivity index (χ0n) is 14.3. The minimum absolute atomic E-state index is 0.163. The van der Waals surface area contributed by atoms with Crippen LogP contribution in [0, 0.1) is 5.82 Å². The molecule has 1 aliphatic heterocycles. The normalized spacial score (nSPS) is 17.7. The summed E-state index contributed by atoms with van der Waals surface area (Å²) >= 11 is 0. The maximum Gasteiger partial charge on any atom is 0.146 e. The molecule has 1 aliphatic rings. The van der Waals surface area contributed by atoms with Crippen molar-refractivity contribution in [2.45, 2.75) is 32.5 Å². The Hall–Kier alpha value is -1.92. The van der Waals surface area contributed by atoms with Gasteiger partial charge in [-0.1, -0.05) is 6.07 Å². The van der Waals surface area contributed by atoms with Gasteiger partial charge in [0, 0.05) is 38.1 Å². The summed E-state index contributed by atoms with van der Waals surface area (Å²) < 4.78 is 21.7. The van der Waals surface area contributed by atoms with Gasteiger partial charge >= 0.3 is 0 Å². The third-order valence-corrected chi connectivity index (χ3v) is 4.66. The highest BCUT2D eigenvalue weighted by Gasteiger charge is 2.16. The van der Waals surface area contributed by atoms with Gasteiger partial charge in [0.15, 0.2) is 0 Å². The van der Waals surface area contributed by atoms with Crippen LogP contribution in [0.2, 0.25) is 0 Å². The van der Waals surface area contributed by atoms with E-state index in [1.165, 1.54) is 0 Å². The van der Waals surface area contributed by atoms with Crippen LogP contribution < -0.4 is 10.2 Å². The number of benzene rings is 1. The molecule has 1 N–H and O–H groups in total. The Bertz CT molecular complexity index is 640. The quantitative estimate of drug-likeness (QED) is 0.883. The van der Waals surface area contributed by atoms with Gasteiger partial charge in [-0.25, -0.2) is 4.39 Å². The van der Waals surface area contributed by atoms with Crippen LogP contribution in [0.4, 0.5) is 10.1 Å². The van der Waals surface area contributed by atoms with Gasteiger partial charge < -0.3 is 15.0 Å². The standard InChI is InChI=1S/C18H25FN4O/c1-14(15(2)23-7-3-6-21-23)20-13-16-4-5-18(17(19)12-16)22-8-10-24-11-9-22/h3-7,12,14-15,20H,8-11,13H2,1-2H3/t14-,15-/m0/s1. The van der Waals surface area contributed by atoms with Crippen molar-refractivity contribution < 1.29 is 9.13 Å². The lowest BCUT2D eigenvalue weighted by Gasteiger charge is -2.29. The second-order valence-corrected chi connectivity index (χ2v) is 6.28. The van der Waals surface area contributed by atoms with Crippen molar-refractivity contribution in [3.05, 3.63) is 48.0 Å². The minimum Gasteiger partial charge on any atom is -0.378 e. The Balaban J connectivity index is 1.58. The molecule has 0 saturated carbocycles. The van der Waals surface area contributed by atoms with Gasteiger partial charge in [0.25, 0.3) is 0 Å². The fourth-order valence-electron chi connectivity index (χ4n) is 2.92. The molecule has 5 nitrogen and oxygen atoms in total. The van der Waals surface area contributed by atoms with E-state index in [0.717, 1.165) is 18.7 Å². The molecule has 0 aliphatic carbocycles. The zero-order valence-corrected chi connectivity index (χ0v) is 14.3. The van der Waals surface area contributed by atoms with E-state index in [-0.39, 0.29) is 17.9 Å². The molecule has 1 saturated heterocycles. The molecule has 6 heteroatoms. The second kappa shape index (κ2) is 7.77. The molecule has 1 aromatic heterocycles. The van der Waals surface area contributed by atoms with Gasteiger partial charge in [-0.05, 0) is 37.6 Å². The molecule has 1 fully saturated rings. The van der Waals surface area contributed by atoms with E-state index < -0.39 is 0 Å². The van der Waals surface area contributed by atoms with Crippen LogP contribution in [0.5, 0.6) is 0 Å². The molecule has 130 valence electrons. The van der Waals surface area contributed by atoms with Crippen molar-refractivity contribution in [1.29, 1.82) is 0 Å². The Morgan fingerprint density at radius 2 is 2.08 bits per heavy atom. The summed E-state index contributed by atoms with van der Waals surface area (Å²) in [5.74, 6) is -0.163. The fourth-order valence-corrected chi connectivity index (χ4v) is 2.92. The minimum atomic E-state index is -0.163. The summed E-state index contributed by atoms with van der Waals surface area (Å²) in [4.78, 5) is 2.04. The molecule has 2 atom stereocenters. The monoisotopic (exact) mass is 332 g/mol. The van der Waals surface area contributed by atoms with E-state index in [4.69, 9.17) is 4.74 Å². The van der Waals surface area contributed by atoms with Gasteiger partial charge in [0.2, 0.25) is 0 Å². The maximum absolute atomic E-state index is 14.4. The van der Waals surface area contributed by atoms with Gasteiger partial charge in [-0.2, -0.15) is 5.10 Å². The van der Waals surface area contributed by atoms with E-state index in [9.17, 15) is 4.39 Å². The molecule has 3 rings (SSSR count). The van der Waals surface area contributed by atoms with Crippen molar-refractivity contribution in [3.8, 4) is 0 Å². The molecule has 2 aromatic rings. The van der Waals surface area contributed by atoms with Crippen LogP contribution in [0.3, 0.4) is 0 Å². The molecular formula is C18H25FN4O. The van der Waals surface area contributed by atoms with Crippen molar-refractivity contribution in [2.24, 2.45) is 0 Å². The first-order valence-electron chi connectivity index (χ1n) is 8.49. The molecule has 0 unspecified atom stereocenters. The second-order valence-electron chi connectivity index (χ2n) is 6.28. The molecule has 0 spiro atoms. The van der Waals surface area contributed by atoms with Crippen molar-refractivity contribution in [2.75, 3.05) is 31.2 Å². The average molecular weight is 332 g/mol. The Morgan fingerprint density at radius 3 is 2.75 bits per heavy atom. The number of ether oxygens (including phenoxy) is 1. The van der Waals surface area contributed by atoms with Crippen LogP contribution >= 0.6 is 0 Å². The smallest absolute Gasteiger partial charge is 0.146 e.